The van der Waals surface area contributed by atoms with Crippen LogP contribution >= 0.6 is 11.3 Å². The molecule has 0 aliphatic carbocycles. The van der Waals surface area contributed by atoms with Crippen LogP contribution in [0.25, 0.3) is 0 Å². The zero-order valence-electron chi connectivity index (χ0n) is 14.4. The zero-order valence-corrected chi connectivity index (χ0v) is 15.3. The van der Waals surface area contributed by atoms with Gasteiger partial charge in [-0.25, -0.2) is 0 Å². The van der Waals surface area contributed by atoms with Crippen molar-refractivity contribution in [1.82, 2.24) is 4.90 Å². The second-order valence-corrected chi connectivity index (χ2v) is 7.52. The Morgan fingerprint density at radius 2 is 2.08 bits per heavy atom. The molecule has 1 saturated heterocycles. The van der Waals surface area contributed by atoms with E-state index in [1.165, 1.54) is 10.5 Å². The van der Waals surface area contributed by atoms with Crippen molar-refractivity contribution in [2.75, 3.05) is 31.5 Å². The van der Waals surface area contributed by atoms with Crippen LogP contribution in [0.1, 0.15) is 12.0 Å². The average Bonchev–Trinajstić information content (AvgIpc) is 3.16. The van der Waals surface area contributed by atoms with Crippen LogP contribution in [0.5, 0.6) is 5.75 Å². The van der Waals surface area contributed by atoms with Crippen molar-refractivity contribution >= 4 is 28.8 Å². The smallest absolute Gasteiger partial charge is 0.266 e. The van der Waals surface area contributed by atoms with Gasteiger partial charge in [0.2, 0.25) is 5.91 Å². The van der Waals surface area contributed by atoms with Crippen molar-refractivity contribution in [3.05, 3.63) is 46.7 Å². The van der Waals surface area contributed by atoms with Crippen molar-refractivity contribution in [1.29, 1.82) is 0 Å². The molecule has 136 valence electrons. The Morgan fingerprint density at radius 3 is 2.85 bits per heavy atom. The lowest BCUT2D eigenvalue weighted by Gasteiger charge is -2.33. The SMILES string of the molecule is O=C1Nc2ccccc2O[C@H]1CC(=O)N1CC[NH+](Cc2ccsc2)CC1. The third-order valence-corrected chi connectivity index (χ3v) is 5.66. The van der Waals surface area contributed by atoms with Gasteiger partial charge in [0.15, 0.2) is 6.10 Å². The maximum absolute atomic E-state index is 12.6. The number of anilines is 1. The first-order valence-electron chi connectivity index (χ1n) is 8.88. The Labute approximate surface area is 156 Å². The normalized spacial score (nSPS) is 20.2. The van der Waals surface area contributed by atoms with Gasteiger partial charge in [0.1, 0.15) is 12.3 Å². The first kappa shape index (κ1) is 17.1. The monoisotopic (exact) mass is 372 g/mol. The molecule has 1 atom stereocenters. The molecule has 2 aliphatic heterocycles. The minimum Gasteiger partial charge on any atom is -0.478 e. The first-order chi connectivity index (χ1) is 12.7. The number of piperazine rings is 1. The van der Waals surface area contributed by atoms with Gasteiger partial charge in [-0.3, -0.25) is 9.59 Å². The number of nitrogens with zero attached hydrogens (tertiary/aromatic N) is 1. The van der Waals surface area contributed by atoms with E-state index in [0.29, 0.717) is 11.4 Å². The van der Waals surface area contributed by atoms with Gasteiger partial charge in [0, 0.05) is 5.56 Å². The quantitative estimate of drug-likeness (QED) is 0.833. The molecule has 1 aromatic carbocycles. The number of thiophene rings is 1. The fraction of sp³-hybridized carbons (Fsp3) is 0.368. The number of benzene rings is 1. The van der Waals surface area contributed by atoms with Gasteiger partial charge in [-0.2, -0.15) is 11.3 Å². The Kier molecular flexibility index (Phi) is 4.90. The van der Waals surface area contributed by atoms with Crippen LogP contribution < -0.4 is 15.0 Å². The number of hydrogen-bond donors (Lipinski definition) is 2. The molecule has 2 N–H and O–H groups in total. The Balaban J connectivity index is 1.30. The highest BCUT2D eigenvalue weighted by Gasteiger charge is 2.32. The molecule has 4 rings (SSSR count). The number of fused-ring (bicyclic) bond motifs is 1. The van der Waals surface area contributed by atoms with Crippen LogP contribution in [0.3, 0.4) is 0 Å². The summed E-state index contributed by atoms with van der Waals surface area (Å²) in [4.78, 5) is 28.1. The van der Waals surface area contributed by atoms with Crippen molar-refractivity contribution in [2.24, 2.45) is 0 Å². The van der Waals surface area contributed by atoms with E-state index in [1.807, 2.05) is 17.0 Å². The number of nitrogens with one attached hydrogen (secondary N) is 2. The van der Waals surface area contributed by atoms with E-state index >= 15 is 0 Å². The second kappa shape index (κ2) is 7.47. The minimum atomic E-state index is -0.756. The van der Waals surface area contributed by atoms with E-state index < -0.39 is 6.10 Å². The van der Waals surface area contributed by atoms with Gasteiger partial charge in [-0.15, -0.1) is 0 Å². The van der Waals surface area contributed by atoms with Gasteiger partial charge in [-0.05, 0) is 29.0 Å². The summed E-state index contributed by atoms with van der Waals surface area (Å²) in [7, 11) is 0. The molecule has 1 aromatic heterocycles. The maximum Gasteiger partial charge on any atom is 0.266 e. The molecule has 0 radical (unpaired) electrons. The van der Waals surface area contributed by atoms with Crippen LogP contribution in [0.2, 0.25) is 0 Å². The van der Waals surface area contributed by atoms with E-state index in [2.05, 4.69) is 22.1 Å². The predicted octanol–water partition coefficient (Wildman–Crippen LogP) is 0.765. The summed E-state index contributed by atoms with van der Waals surface area (Å²) in [5.74, 6) is 0.354. The molecular weight excluding hydrogens is 350 g/mol. The second-order valence-electron chi connectivity index (χ2n) is 6.74. The third-order valence-electron chi connectivity index (χ3n) is 4.92. The first-order valence-corrected chi connectivity index (χ1v) is 9.82. The average molecular weight is 372 g/mol. The molecule has 1 fully saturated rings. The molecule has 26 heavy (non-hydrogen) atoms. The highest BCUT2D eigenvalue weighted by molar-refractivity contribution is 7.07. The summed E-state index contributed by atoms with van der Waals surface area (Å²) >= 11 is 1.72. The van der Waals surface area contributed by atoms with Crippen LogP contribution in [-0.2, 0) is 16.1 Å². The summed E-state index contributed by atoms with van der Waals surface area (Å²) in [6.07, 6.45) is -0.673. The number of carbonyl (C=O) groups excluding carboxylic acids is 2. The van der Waals surface area contributed by atoms with Crippen LogP contribution in [0, 0.1) is 0 Å². The highest BCUT2D eigenvalue weighted by atomic mass is 32.1. The van der Waals surface area contributed by atoms with E-state index in [0.717, 1.165) is 32.7 Å². The molecule has 0 spiro atoms. The van der Waals surface area contributed by atoms with Gasteiger partial charge < -0.3 is 19.9 Å². The van der Waals surface area contributed by atoms with Crippen LogP contribution in [0.4, 0.5) is 5.69 Å². The molecule has 2 aliphatic rings. The van der Waals surface area contributed by atoms with E-state index in [4.69, 9.17) is 4.74 Å². The third kappa shape index (κ3) is 3.73. The van der Waals surface area contributed by atoms with E-state index in [-0.39, 0.29) is 18.2 Å². The molecular formula is C19H22N3O3S+. The zero-order chi connectivity index (χ0) is 17.9. The summed E-state index contributed by atoms with van der Waals surface area (Å²) in [5.41, 5.74) is 2.02. The van der Waals surface area contributed by atoms with Crippen LogP contribution in [0.15, 0.2) is 41.1 Å². The number of quaternary nitrogens is 1. The summed E-state index contributed by atoms with van der Waals surface area (Å²) in [6.45, 7) is 4.33. The standard InChI is InChI=1S/C19H21N3O3S/c23-18(11-17-19(24)20-15-3-1-2-4-16(15)25-17)22-8-6-21(7-9-22)12-14-5-10-26-13-14/h1-5,10,13,17H,6-9,11-12H2,(H,20,24)/p+1/t17-/m0/s1. The molecule has 2 amide bonds. The highest BCUT2D eigenvalue weighted by Crippen LogP contribution is 2.29. The number of amides is 2. The van der Waals surface area contributed by atoms with Crippen LogP contribution in [-0.4, -0.2) is 49.0 Å². The molecule has 0 unspecified atom stereocenters. The number of rotatable bonds is 4. The molecule has 0 saturated carbocycles. The molecule has 0 bridgehead atoms. The van der Waals surface area contributed by atoms with E-state index in [9.17, 15) is 9.59 Å². The Bertz CT molecular complexity index is 785. The number of ether oxygens (including phenoxy) is 1. The molecule has 2 aromatic rings. The minimum absolute atomic E-state index is 0.0147. The van der Waals surface area contributed by atoms with Crippen molar-refractivity contribution in [3.63, 3.8) is 0 Å². The Morgan fingerprint density at radius 1 is 1.27 bits per heavy atom. The Hall–Kier alpha value is -2.38. The fourth-order valence-corrected chi connectivity index (χ4v) is 4.11. The lowest BCUT2D eigenvalue weighted by molar-refractivity contribution is -0.917. The predicted molar refractivity (Wildman–Crippen MR) is 99.4 cm³/mol. The fourth-order valence-electron chi connectivity index (χ4n) is 3.45. The number of carbonyl (C=O) groups is 2. The summed E-state index contributed by atoms with van der Waals surface area (Å²) in [6, 6.07) is 9.45. The summed E-state index contributed by atoms with van der Waals surface area (Å²) in [5, 5.41) is 7.09. The maximum atomic E-state index is 12.6. The van der Waals surface area contributed by atoms with Gasteiger partial charge in [-0.1, -0.05) is 12.1 Å². The van der Waals surface area contributed by atoms with E-state index in [1.54, 1.807) is 23.5 Å². The number of hydrogen-bond acceptors (Lipinski definition) is 4. The molecule has 3 heterocycles. The largest absolute Gasteiger partial charge is 0.478 e. The number of para-hydroxylation sites is 2. The van der Waals surface area contributed by atoms with Crippen molar-refractivity contribution in [3.8, 4) is 5.75 Å². The van der Waals surface area contributed by atoms with Crippen molar-refractivity contribution in [2.45, 2.75) is 19.1 Å². The summed E-state index contributed by atoms with van der Waals surface area (Å²) < 4.78 is 5.73. The van der Waals surface area contributed by atoms with Gasteiger partial charge in [0.25, 0.3) is 5.91 Å². The van der Waals surface area contributed by atoms with Crippen molar-refractivity contribution < 1.29 is 19.2 Å². The van der Waals surface area contributed by atoms with Gasteiger partial charge >= 0.3 is 0 Å². The lowest BCUT2D eigenvalue weighted by Crippen LogP contribution is -3.13. The lowest BCUT2D eigenvalue weighted by atomic mass is 10.1. The van der Waals surface area contributed by atoms with Gasteiger partial charge in [0.05, 0.1) is 38.3 Å². The molecule has 7 heteroatoms. The molecule has 6 nitrogen and oxygen atoms in total. The topological polar surface area (TPSA) is 63.1 Å².